The molecule has 1 heterocycles. The van der Waals surface area contributed by atoms with Crippen LogP contribution in [-0.2, 0) is 20.7 Å². The molecule has 150 valence electrons. The van der Waals surface area contributed by atoms with Crippen LogP contribution in [-0.4, -0.2) is 87.7 Å². The molecule has 1 saturated heterocycles. The lowest BCUT2D eigenvalue weighted by atomic mass is 10.1. The highest BCUT2D eigenvalue weighted by molar-refractivity contribution is 5.78. The van der Waals surface area contributed by atoms with Crippen LogP contribution in [0.4, 0.5) is 0 Å². The molecule has 2 amide bonds. The van der Waals surface area contributed by atoms with Gasteiger partial charge in [0.15, 0.2) is 0 Å². The Labute approximate surface area is 162 Å². The summed E-state index contributed by atoms with van der Waals surface area (Å²) in [6.45, 7) is 7.84. The van der Waals surface area contributed by atoms with E-state index in [0.29, 0.717) is 32.8 Å². The van der Waals surface area contributed by atoms with Crippen LogP contribution in [0.1, 0.15) is 11.1 Å². The van der Waals surface area contributed by atoms with Crippen molar-refractivity contribution in [1.29, 1.82) is 0 Å². The minimum Gasteiger partial charge on any atom is -0.383 e. The second-order valence-corrected chi connectivity index (χ2v) is 6.92. The molecule has 1 aliphatic heterocycles. The van der Waals surface area contributed by atoms with Gasteiger partial charge in [0.2, 0.25) is 11.8 Å². The molecule has 1 fully saturated rings. The van der Waals surface area contributed by atoms with E-state index in [2.05, 4.69) is 39.5 Å². The highest BCUT2D eigenvalue weighted by atomic mass is 16.5. The Morgan fingerprint density at radius 2 is 1.52 bits per heavy atom. The molecule has 0 aromatic heterocycles. The van der Waals surface area contributed by atoms with Crippen molar-refractivity contribution in [3.05, 3.63) is 35.4 Å². The number of amides is 2. The third-order valence-corrected chi connectivity index (χ3v) is 4.81. The van der Waals surface area contributed by atoms with Gasteiger partial charge in [-0.1, -0.05) is 24.3 Å². The Bertz CT molecular complexity index is 601. The smallest absolute Gasteiger partial charge is 0.234 e. The van der Waals surface area contributed by atoms with Crippen molar-refractivity contribution in [3.8, 4) is 0 Å². The fourth-order valence-corrected chi connectivity index (χ4v) is 3.14. The Hall–Kier alpha value is -1.96. The van der Waals surface area contributed by atoms with Gasteiger partial charge < -0.3 is 15.4 Å². The largest absolute Gasteiger partial charge is 0.383 e. The van der Waals surface area contributed by atoms with Crippen molar-refractivity contribution in [2.75, 3.05) is 66.1 Å². The number of carbonyl (C=O) groups excluding carboxylic acids is 2. The summed E-state index contributed by atoms with van der Waals surface area (Å²) >= 11 is 0. The monoisotopic (exact) mass is 376 g/mol. The van der Waals surface area contributed by atoms with Gasteiger partial charge in [-0.3, -0.25) is 19.4 Å². The SMILES string of the molecule is COCCNC(=O)CN1CCN(CC(=O)NCCc2ccccc2C)CC1. The van der Waals surface area contributed by atoms with Crippen LogP contribution in [0, 0.1) is 6.92 Å². The lowest BCUT2D eigenvalue weighted by Gasteiger charge is -2.33. The van der Waals surface area contributed by atoms with E-state index in [1.54, 1.807) is 7.11 Å². The second kappa shape index (κ2) is 11.7. The van der Waals surface area contributed by atoms with E-state index in [0.717, 1.165) is 32.6 Å². The predicted octanol–water partition coefficient (Wildman–Crippen LogP) is 0.0339. The van der Waals surface area contributed by atoms with E-state index in [9.17, 15) is 9.59 Å². The highest BCUT2D eigenvalue weighted by Crippen LogP contribution is 2.07. The van der Waals surface area contributed by atoms with Gasteiger partial charge in [0, 0.05) is 46.4 Å². The Morgan fingerprint density at radius 1 is 0.963 bits per heavy atom. The zero-order chi connectivity index (χ0) is 19.5. The maximum Gasteiger partial charge on any atom is 0.234 e. The third kappa shape index (κ3) is 8.07. The number of nitrogens with zero attached hydrogens (tertiary/aromatic N) is 2. The van der Waals surface area contributed by atoms with Gasteiger partial charge in [-0.05, 0) is 24.5 Å². The molecule has 2 N–H and O–H groups in total. The third-order valence-electron chi connectivity index (χ3n) is 4.81. The molecular formula is C20H32N4O3. The molecule has 0 atom stereocenters. The van der Waals surface area contributed by atoms with E-state index in [1.165, 1.54) is 11.1 Å². The van der Waals surface area contributed by atoms with E-state index in [1.807, 2.05) is 12.1 Å². The van der Waals surface area contributed by atoms with Gasteiger partial charge >= 0.3 is 0 Å². The number of carbonyl (C=O) groups is 2. The number of hydrogen-bond donors (Lipinski definition) is 2. The first-order valence-electron chi connectivity index (χ1n) is 9.60. The molecular weight excluding hydrogens is 344 g/mol. The average Bonchev–Trinajstić information content (AvgIpc) is 2.65. The first-order chi connectivity index (χ1) is 13.1. The van der Waals surface area contributed by atoms with Crippen LogP contribution in [0.15, 0.2) is 24.3 Å². The molecule has 1 aromatic carbocycles. The molecule has 0 spiro atoms. The fourth-order valence-electron chi connectivity index (χ4n) is 3.14. The van der Waals surface area contributed by atoms with Crippen molar-refractivity contribution >= 4 is 11.8 Å². The summed E-state index contributed by atoms with van der Waals surface area (Å²) in [4.78, 5) is 28.2. The van der Waals surface area contributed by atoms with Crippen molar-refractivity contribution in [3.63, 3.8) is 0 Å². The zero-order valence-electron chi connectivity index (χ0n) is 16.5. The van der Waals surface area contributed by atoms with Crippen molar-refractivity contribution in [1.82, 2.24) is 20.4 Å². The van der Waals surface area contributed by atoms with Crippen LogP contribution in [0.2, 0.25) is 0 Å². The number of aryl methyl sites for hydroxylation is 1. The van der Waals surface area contributed by atoms with Crippen LogP contribution in [0.25, 0.3) is 0 Å². The Morgan fingerprint density at radius 3 is 2.07 bits per heavy atom. The summed E-state index contributed by atoms with van der Waals surface area (Å²) in [5, 5.41) is 5.84. The van der Waals surface area contributed by atoms with Crippen LogP contribution >= 0.6 is 0 Å². The number of ether oxygens (including phenoxy) is 1. The lowest BCUT2D eigenvalue weighted by Crippen LogP contribution is -2.51. The molecule has 1 aliphatic rings. The summed E-state index contributed by atoms with van der Waals surface area (Å²) in [5.41, 5.74) is 2.53. The molecule has 0 radical (unpaired) electrons. The van der Waals surface area contributed by atoms with Crippen LogP contribution < -0.4 is 10.6 Å². The van der Waals surface area contributed by atoms with Crippen molar-refractivity contribution in [2.45, 2.75) is 13.3 Å². The lowest BCUT2D eigenvalue weighted by molar-refractivity contribution is -0.125. The molecule has 0 unspecified atom stereocenters. The van der Waals surface area contributed by atoms with Gasteiger partial charge in [-0.25, -0.2) is 0 Å². The van der Waals surface area contributed by atoms with Crippen LogP contribution in [0.3, 0.4) is 0 Å². The first-order valence-corrected chi connectivity index (χ1v) is 9.60. The summed E-state index contributed by atoms with van der Waals surface area (Å²) in [6.07, 6.45) is 0.852. The molecule has 0 bridgehead atoms. The average molecular weight is 377 g/mol. The standard InChI is InChI=1S/C20H32N4O3/c1-17-5-3-4-6-18(17)7-8-21-19(25)15-23-10-12-24(13-11-23)16-20(26)22-9-14-27-2/h3-6H,7-16H2,1-2H3,(H,21,25)(H,22,26). The molecule has 1 aromatic rings. The zero-order valence-corrected chi connectivity index (χ0v) is 16.5. The second-order valence-electron chi connectivity index (χ2n) is 6.92. The summed E-state index contributed by atoms with van der Waals surface area (Å²) in [7, 11) is 1.62. The number of rotatable bonds is 10. The maximum absolute atomic E-state index is 12.2. The molecule has 0 aliphatic carbocycles. The summed E-state index contributed by atoms with van der Waals surface area (Å²) in [6, 6.07) is 8.25. The van der Waals surface area contributed by atoms with Gasteiger partial charge in [-0.15, -0.1) is 0 Å². The quantitative estimate of drug-likeness (QED) is 0.564. The molecule has 27 heavy (non-hydrogen) atoms. The first kappa shape index (κ1) is 21.3. The molecule has 7 heteroatoms. The Balaban J connectivity index is 1.59. The normalized spacial score (nSPS) is 15.5. The Kier molecular flexibility index (Phi) is 9.24. The maximum atomic E-state index is 12.2. The van der Waals surface area contributed by atoms with Crippen LogP contribution in [0.5, 0.6) is 0 Å². The molecule has 7 nitrogen and oxygen atoms in total. The highest BCUT2D eigenvalue weighted by Gasteiger charge is 2.20. The fraction of sp³-hybridized carbons (Fsp3) is 0.600. The van der Waals surface area contributed by atoms with E-state index < -0.39 is 0 Å². The minimum atomic E-state index is 0.0226. The summed E-state index contributed by atoms with van der Waals surface area (Å²) < 4.78 is 4.92. The van der Waals surface area contributed by atoms with E-state index >= 15 is 0 Å². The van der Waals surface area contributed by atoms with Crippen molar-refractivity contribution in [2.24, 2.45) is 0 Å². The number of methoxy groups -OCH3 is 1. The van der Waals surface area contributed by atoms with Gasteiger partial charge in [0.1, 0.15) is 0 Å². The molecule has 0 saturated carbocycles. The number of benzene rings is 1. The van der Waals surface area contributed by atoms with Gasteiger partial charge in [0.05, 0.1) is 19.7 Å². The predicted molar refractivity (Wildman–Crippen MR) is 106 cm³/mol. The topological polar surface area (TPSA) is 73.9 Å². The van der Waals surface area contributed by atoms with E-state index in [-0.39, 0.29) is 11.8 Å². The number of nitrogens with one attached hydrogen (secondary N) is 2. The van der Waals surface area contributed by atoms with Gasteiger partial charge in [0.25, 0.3) is 0 Å². The minimum absolute atomic E-state index is 0.0226. The molecule has 2 rings (SSSR count). The number of hydrogen-bond acceptors (Lipinski definition) is 5. The summed E-state index contributed by atoms with van der Waals surface area (Å²) in [5.74, 6) is 0.0868. The van der Waals surface area contributed by atoms with E-state index in [4.69, 9.17) is 4.74 Å². The van der Waals surface area contributed by atoms with Gasteiger partial charge in [-0.2, -0.15) is 0 Å². The van der Waals surface area contributed by atoms with Crippen molar-refractivity contribution < 1.29 is 14.3 Å². The number of piperazine rings is 1.